The van der Waals surface area contributed by atoms with Gasteiger partial charge in [-0.05, 0) is 61.1 Å². The normalized spacial score (nSPS) is 20.7. The number of sulfonamides is 1. The maximum Gasteiger partial charge on any atom is 0.258 e. The Morgan fingerprint density at radius 2 is 1.79 bits per heavy atom. The van der Waals surface area contributed by atoms with Gasteiger partial charge in [-0.2, -0.15) is 4.31 Å². The summed E-state index contributed by atoms with van der Waals surface area (Å²) in [6.45, 7) is 6.76. The predicted molar refractivity (Wildman–Crippen MR) is 107 cm³/mol. The van der Waals surface area contributed by atoms with Crippen LogP contribution in [0.1, 0.15) is 36.2 Å². The van der Waals surface area contributed by atoms with Gasteiger partial charge in [0.15, 0.2) is 0 Å². The summed E-state index contributed by atoms with van der Waals surface area (Å²) in [5, 5.41) is 2.62. The van der Waals surface area contributed by atoms with Crippen molar-refractivity contribution < 1.29 is 17.6 Å². The SMILES string of the molecule is Cc1cccc(NC(=O)c2cc(S(=O)(=O)N3C[C@H](C)C[C@@H](C)C3)ccc2F)c1. The highest BCUT2D eigenvalue weighted by Gasteiger charge is 2.32. The Bertz CT molecular complexity index is 981. The molecule has 150 valence electrons. The quantitative estimate of drug-likeness (QED) is 0.836. The molecule has 0 spiro atoms. The van der Waals surface area contributed by atoms with Gasteiger partial charge in [-0.3, -0.25) is 4.79 Å². The van der Waals surface area contributed by atoms with Gasteiger partial charge in [-0.25, -0.2) is 12.8 Å². The largest absolute Gasteiger partial charge is 0.322 e. The van der Waals surface area contributed by atoms with Crippen molar-refractivity contribution in [3.05, 3.63) is 59.4 Å². The van der Waals surface area contributed by atoms with Crippen LogP contribution in [-0.2, 0) is 10.0 Å². The summed E-state index contributed by atoms with van der Waals surface area (Å²) in [5.74, 6) is -0.934. The number of rotatable bonds is 4. The number of anilines is 1. The lowest BCUT2D eigenvalue weighted by Gasteiger charge is -2.34. The number of aryl methyl sites for hydroxylation is 1. The van der Waals surface area contributed by atoms with E-state index in [-0.39, 0.29) is 22.3 Å². The second-order valence-electron chi connectivity index (χ2n) is 7.73. The molecule has 0 radical (unpaired) electrons. The first-order valence-corrected chi connectivity index (χ1v) is 10.8. The zero-order chi connectivity index (χ0) is 20.5. The summed E-state index contributed by atoms with van der Waals surface area (Å²) in [5.41, 5.74) is 1.18. The van der Waals surface area contributed by atoms with Crippen molar-refractivity contribution in [3.63, 3.8) is 0 Å². The average molecular weight is 405 g/mol. The Hall–Kier alpha value is -2.25. The highest BCUT2D eigenvalue weighted by molar-refractivity contribution is 7.89. The number of carbonyl (C=O) groups is 1. The standard InChI is InChI=1S/C21H25FN2O3S/c1-14-5-4-6-17(10-14)23-21(25)19-11-18(7-8-20(19)22)28(26,27)24-12-15(2)9-16(3)13-24/h4-8,10-11,15-16H,9,12-13H2,1-3H3,(H,23,25)/t15-,16-/m1/s1. The highest BCUT2D eigenvalue weighted by Crippen LogP contribution is 2.27. The van der Waals surface area contributed by atoms with Gasteiger partial charge in [0, 0.05) is 18.8 Å². The molecule has 1 fully saturated rings. The second kappa shape index (κ2) is 8.01. The van der Waals surface area contributed by atoms with Crippen molar-refractivity contribution in [2.75, 3.05) is 18.4 Å². The Morgan fingerprint density at radius 3 is 2.43 bits per heavy atom. The van der Waals surface area contributed by atoms with Crippen LogP contribution in [-0.4, -0.2) is 31.7 Å². The summed E-state index contributed by atoms with van der Waals surface area (Å²) >= 11 is 0. The van der Waals surface area contributed by atoms with Gasteiger partial charge < -0.3 is 5.32 Å². The Kier molecular flexibility index (Phi) is 5.86. The molecule has 0 unspecified atom stereocenters. The summed E-state index contributed by atoms with van der Waals surface area (Å²) < 4.78 is 41.8. The van der Waals surface area contributed by atoms with Crippen LogP contribution in [0.2, 0.25) is 0 Å². The van der Waals surface area contributed by atoms with E-state index in [0.29, 0.717) is 18.8 Å². The fraction of sp³-hybridized carbons (Fsp3) is 0.381. The van der Waals surface area contributed by atoms with E-state index in [2.05, 4.69) is 5.32 Å². The average Bonchev–Trinajstić information content (AvgIpc) is 2.61. The minimum Gasteiger partial charge on any atom is -0.322 e. The van der Waals surface area contributed by atoms with Gasteiger partial charge in [0.25, 0.3) is 5.91 Å². The number of nitrogens with zero attached hydrogens (tertiary/aromatic N) is 1. The van der Waals surface area contributed by atoms with E-state index in [9.17, 15) is 17.6 Å². The summed E-state index contributed by atoms with van der Waals surface area (Å²) in [4.78, 5) is 12.5. The van der Waals surface area contributed by atoms with Crippen LogP contribution in [0.25, 0.3) is 0 Å². The van der Waals surface area contributed by atoms with Crippen molar-refractivity contribution in [2.45, 2.75) is 32.1 Å². The number of hydrogen-bond donors (Lipinski definition) is 1. The number of hydrogen-bond acceptors (Lipinski definition) is 3. The molecule has 1 aliphatic rings. The molecule has 0 aromatic heterocycles. The Morgan fingerprint density at radius 1 is 1.11 bits per heavy atom. The molecule has 1 N–H and O–H groups in total. The zero-order valence-electron chi connectivity index (χ0n) is 16.3. The molecule has 3 rings (SSSR count). The molecule has 0 bridgehead atoms. The van der Waals surface area contributed by atoms with Crippen molar-refractivity contribution >= 4 is 21.6 Å². The molecule has 0 saturated carbocycles. The maximum absolute atomic E-state index is 14.3. The molecular formula is C21H25FN2O3S. The summed E-state index contributed by atoms with van der Waals surface area (Å²) in [6.07, 6.45) is 0.972. The predicted octanol–water partition coefficient (Wildman–Crippen LogP) is 4.05. The van der Waals surface area contributed by atoms with E-state index in [1.165, 1.54) is 10.4 Å². The lowest BCUT2D eigenvalue weighted by atomic mass is 9.94. The molecule has 1 saturated heterocycles. The van der Waals surface area contributed by atoms with Crippen molar-refractivity contribution in [1.29, 1.82) is 0 Å². The van der Waals surface area contributed by atoms with Gasteiger partial charge in [0.05, 0.1) is 10.5 Å². The van der Waals surface area contributed by atoms with Crippen LogP contribution >= 0.6 is 0 Å². The number of nitrogens with one attached hydrogen (secondary N) is 1. The molecule has 5 nitrogen and oxygen atoms in total. The fourth-order valence-corrected chi connectivity index (χ4v) is 5.42. The molecule has 1 aliphatic heterocycles. The second-order valence-corrected chi connectivity index (χ2v) is 9.67. The molecule has 2 aromatic carbocycles. The van der Waals surface area contributed by atoms with Crippen molar-refractivity contribution in [3.8, 4) is 0 Å². The van der Waals surface area contributed by atoms with E-state index in [1.54, 1.807) is 18.2 Å². The maximum atomic E-state index is 14.3. The molecule has 28 heavy (non-hydrogen) atoms. The van der Waals surface area contributed by atoms with Crippen LogP contribution in [0, 0.1) is 24.6 Å². The van der Waals surface area contributed by atoms with Crippen LogP contribution in [0.15, 0.2) is 47.4 Å². The number of benzene rings is 2. The summed E-state index contributed by atoms with van der Waals surface area (Å²) in [7, 11) is -3.79. The van der Waals surface area contributed by atoms with Gasteiger partial charge in [0.2, 0.25) is 10.0 Å². The third-order valence-corrected chi connectivity index (χ3v) is 6.76. The van der Waals surface area contributed by atoms with E-state index in [0.717, 1.165) is 24.1 Å². The third-order valence-electron chi connectivity index (χ3n) is 4.93. The van der Waals surface area contributed by atoms with Crippen molar-refractivity contribution in [2.24, 2.45) is 11.8 Å². The Labute approximate surface area is 165 Å². The zero-order valence-corrected chi connectivity index (χ0v) is 17.1. The van der Waals surface area contributed by atoms with E-state index in [1.807, 2.05) is 26.8 Å². The van der Waals surface area contributed by atoms with Gasteiger partial charge >= 0.3 is 0 Å². The minimum absolute atomic E-state index is 0.0652. The first kappa shape index (κ1) is 20.5. The lowest BCUT2D eigenvalue weighted by Crippen LogP contribution is -2.42. The van der Waals surface area contributed by atoms with E-state index < -0.39 is 21.7 Å². The summed E-state index contributed by atoms with van der Waals surface area (Å²) in [6, 6.07) is 10.5. The number of halogens is 1. The molecule has 0 aliphatic carbocycles. The Balaban J connectivity index is 1.89. The molecule has 2 aromatic rings. The van der Waals surface area contributed by atoms with Gasteiger partial charge in [-0.15, -0.1) is 0 Å². The van der Waals surface area contributed by atoms with Crippen LogP contribution in [0.3, 0.4) is 0 Å². The minimum atomic E-state index is -3.79. The molecule has 2 atom stereocenters. The molecule has 1 amide bonds. The smallest absolute Gasteiger partial charge is 0.258 e. The monoisotopic (exact) mass is 404 g/mol. The first-order valence-electron chi connectivity index (χ1n) is 9.34. The van der Waals surface area contributed by atoms with E-state index in [4.69, 9.17) is 0 Å². The van der Waals surface area contributed by atoms with Gasteiger partial charge in [-0.1, -0.05) is 26.0 Å². The van der Waals surface area contributed by atoms with Gasteiger partial charge in [0.1, 0.15) is 5.82 Å². The van der Waals surface area contributed by atoms with Crippen LogP contribution < -0.4 is 5.32 Å². The van der Waals surface area contributed by atoms with E-state index >= 15 is 0 Å². The molecular weight excluding hydrogens is 379 g/mol. The number of piperidine rings is 1. The topological polar surface area (TPSA) is 66.5 Å². The first-order chi connectivity index (χ1) is 13.2. The number of carbonyl (C=O) groups excluding carboxylic acids is 1. The fourth-order valence-electron chi connectivity index (χ4n) is 3.71. The highest BCUT2D eigenvalue weighted by atomic mass is 32.2. The molecule has 1 heterocycles. The third kappa shape index (κ3) is 4.42. The van der Waals surface area contributed by atoms with Crippen LogP contribution in [0.5, 0.6) is 0 Å². The van der Waals surface area contributed by atoms with Crippen LogP contribution in [0.4, 0.5) is 10.1 Å². The van der Waals surface area contributed by atoms with Crippen molar-refractivity contribution in [1.82, 2.24) is 4.31 Å². The lowest BCUT2D eigenvalue weighted by molar-refractivity contribution is 0.102. The molecule has 7 heteroatoms. The number of amides is 1.